The van der Waals surface area contributed by atoms with Gasteiger partial charge in [-0.1, -0.05) is 6.92 Å². The zero-order chi connectivity index (χ0) is 14.5. The summed E-state index contributed by atoms with van der Waals surface area (Å²) in [5.74, 6) is 0.472. The smallest absolute Gasteiger partial charge is 0.250 e. The van der Waals surface area contributed by atoms with Gasteiger partial charge in [-0.05, 0) is 44.4 Å². The van der Waals surface area contributed by atoms with Crippen molar-refractivity contribution in [1.82, 2.24) is 10.3 Å². The minimum atomic E-state index is -0.433. The molecule has 1 fully saturated rings. The van der Waals surface area contributed by atoms with E-state index in [1.54, 1.807) is 12.3 Å². The van der Waals surface area contributed by atoms with E-state index < -0.39 is 5.91 Å². The van der Waals surface area contributed by atoms with Gasteiger partial charge in [-0.2, -0.15) is 0 Å². The Kier molecular flexibility index (Phi) is 4.95. The number of anilines is 1. The first-order valence-corrected chi connectivity index (χ1v) is 7.34. The van der Waals surface area contributed by atoms with Crippen LogP contribution in [0.2, 0.25) is 0 Å². The number of carbonyl (C=O) groups is 1. The number of aromatic nitrogens is 1. The van der Waals surface area contributed by atoms with Crippen LogP contribution in [0.1, 0.15) is 43.0 Å². The van der Waals surface area contributed by atoms with Crippen LogP contribution in [0.15, 0.2) is 18.3 Å². The molecule has 1 aromatic rings. The Morgan fingerprint density at radius 2 is 2.10 bits per heavy atom. The van der Waals surface area contributed by atoms with E-state index in [9.17, 15) is 4.79 Å². The number of hydrogen-bond acceptors (Lipinski definition) is 4. The van der Waals surface area contributed by atoms with Gasteiger partial charge >= 0.3 is 0 Å². The summed E-state index contributed by atoms with van der Waals surface area (Å²) in [6.45, 7) is 3.20. The van der Waals surface area contributed by atoms with Crippen molar-refractivity contribution in [2.45, 2.75) is 44.7 Å². The van der Waals surface area contributed by atoms with Crippen LogP contribution in [-0.4, -0.2) is 36.6 Å². The lowest BCUT2D eigenvalue weighted by Gasteiger charge is -2.35. The van der Waals surface area contributed by atoms with Gasteiger partial charge in [-0.15, -0.1) is 0 Å². The number of nitrogens with zero attached hydrogens (tertiary/aromatic N) is 2. The van der Waals surface area contributed by atoms with E-state index in [0.29, 0.717) is 17.6 Å². The molecule has 1 aliphatic carbocycles. The highest BCUT2D eigenvalue weighted by molar-refractivity contribution is 5.92. The van der Waals surface area contributed by atoms with Crippen LogP contribution < -0.4 is 16.0 Å². The van der Waals surface area contributed by atoms with Crippen molar-refractivity contribution in [3.05, 3.63) is 23.9 Å². The standard InChI is InChI=1S/C15H24N4O/c1-3-17-12-5-7-13(8-6-12)19(2)14-9-4-11(10-18-14)15(16)20/h4,9-10,12-13,17H,3,5-8H2,1-2H3,(H2,16,20). The van der Waals surface area contributed by atoms with Gasteiger partial charge in [-0.3, -0.25) is 4.79 Å². The Morgan fingerprint density at radius 1 is 1.40 bits per heavy atom. The number of nitrogens with two attached hydrogens (primary N) is 1. The number of carbonyl (C=O) groups excluding carboxylic acids is 1. The summed E-state index contributed by atoms with van der Waals surface area (Å²) in [7, 11) is 2.07. The maximum atomic E-state index is 11.0. The quantitative estimate of drug-likeness (QED) is 0.855. The Hall–Kier alpha value is -1.62. The highest BCUT2D eigenvalue weighted by Gasteiger charge is 2.24. The second kappa shape index (κ2) is 6.70. The Labute approximate surface area is 120 Å². The molecular formula is C15H24N4O. The highest BCUT2D eigenvalue weighted by atomic mass is 16.1. The van der Waals surface area contributed by atoms with E-state index in [4.69, 9.17) is 5.73 Å². The molecule has 0 saturated heterocycles. The lowest BCUT2D eigenvalue weighted by atomic mass is 9.90. The monoisotopic (exact) mass is 276 g/mol. The van der Waals surface area contributed by atoms with Crippen molar-refractivity contribution >= 4 is 11.7 Å². The normalized spacial score (nSPS) is 22.5. The molecule has 0 radical (unpaired) electrons. The molecule has 110 valence electrons. The fraction of sp³-hybridized carbons (Fsp3) is 0.600. The molecule has 0 atom stereocenters. The number of primary amides is 1. The third-order valence-electron chi connectivity index (χ3n) is 4.13. The van der Waals surface area contributed by atoms with Crippen molar-refractivity contribution in [2.75, 3.05) is 18.5 Å². The summed E-state index contributed by atoms with van der Waals surface area (Å²) < 4.78 is 0. The molecule has 1 saturated carbocycles. The third-order valence-corrected chi connectivity index (χ3v) is 4.13. The Balaban J connectivity index is 1.94. The summed E-state index contributed by atoms with van der Waals surface area (Å²) >= 11 is 0. The predicted octanol–water partition coefficient (Wildman–Crippen LogP) is 1.54. The molecule has 0 spiro atoms. The number of rotatable bonds is 5. The van der Waals surface area contributed by atoms with Crippen molar-refractivity contribution in [3.8, 4) is 0 Å². The van der Waals surface area contributed by atoms with Gasteiger partial charge in [0.05, 0.1) is 5.56 Å². The molecule has 5 nitrogen and oxygen atoms in total. The number of hydrogen-bond donors (Lipinski definition) is 2. The number of pyridine rings is 1. The van der Waals surface area contributed by atoms with Crippen LogP contribution in [-0.2, 0) is 0 Å². The van der Waals surface area contributed by atoms with Crippen LogP contribution in [0.5, 0.6) is 0 Å². The van der Waals surface area contributed by atoms with Gasteiger partial charge in [0.1, 0.15) is 5.82 Å². The largest absolute Gasteiger partial charge is 0.366 e. The first-order valence-electron chi connectivity index (χ1n) is 7.34. The van der Waals surface area contributed by atoms with Crippen molar-refractivity contribution in [3.63, 3.8) is 0 Å². The maximum Gasteiger partial charge on any atom is 0.250 e. The van der Waals surface area contributed by atoms with Crippen LogP contribution in [0.3, 0.4) is 0 Å². The third kappa shape index (κ3) is 3.48. The molecule has 1 heterocycles. The molecule has 2 rings (SSSR count). The van der Waals surface area contributed by atoms with Crippen molar-refractivity contribution in [1.29, 1.82) is 0 Å². The molecule has 5 heteroatoms. The van der Waals surface area contributed by atoms with Gasteiger partial charge in [0.25, 0.3) is 0 Å². The average Bonchev–Trinajstić information content (AvgIpc) is 2.48. The lowest BCUT2D eigenvalue weighted by Crippen LogP contribution is -2.41. The lowest BCUT2D eigenvalue weighted by molar-refractivity contribution is 0.1000. The highest BCUT2D eigenvalue weighted by Crippen LogP contribution is 2.25. The molecule has 3 N–H and O–H groups in total. The van der Waals surface area contributed by atoms with Crippen molar-refractivity contribution in [2.24, 2.45) is 5.73 Å². The number of amides is 1. The Morgan fingerprint density at radius 3 is 2.60 bits per heavy atom. The molecule has 1 aliphatic rings. The predicted molar refractivity (Wildman–Crippen MR) is 80.9 cm³/mol. The van der Waals surface area contributed by atoms with Gasteiger partial charge in [-0.25, -0.2) is 4.98 Å². The molecule has 1 amide bonds. The summed E-state index contributed by atoms with van der Waals surface area (Å²) in [6.07, 6.45) is 6.32. The summed E-state index contributed by atoms with van der Waals surface area (Å²) in [5, 5.41) is 3.52. The minimum absolute atomic E-state index is 0.433. The molecular weight excluding hydrogens is 252 g/mol. The first kappa shape index (κ1) is 14.8. The van der Waals surface area contributed by atoms with Crippen LogP contribution in [0.25, 0.3) is 0 Å². The van der Waals surface area contributed by atoms with E-state index >= 15 is 0 Å². The van der Waals surface area contributed by atoms with Gasteiger partial charge < -0.3 is 16.0 Å². The van der Waals surface area contributed by atoms with Gasteiger partial charge in [0, 0.05) is 25.3 Å². The topological polar surface area (TPSA) is 71.2 Å². The fourth-order valence-electron chi connectivity index (χ4n) is 2.88. The SMILES string of the molecule is CCNC1CCC(N(C)c2ccc(C(N)=O)cn2)CC1. The Bertz CT molecular complexity index is 438. The molecule has 1 aromatic heterocycles. The van der Waals surface area contributed by atoms with E-state index in [-0.39, 0.29) is 0 Å². The molecule has 0 aliphatic heterocycles. The molecule has 0 bridgehead atoms. The second-order valence-corrected chi connectivity index (χ2v) is 5.44. The van der Waals surface area contributed by atoms with Gasteiger partial charge in [0.15, 0.2) is 0 Å². The van der Waals surface area contributed by atoms with E-state index in [1.807, 2.05) is 6.07 Å². The summed E-state index contributed by atoms with van der Waals surface area (Å²) in [6, 6.07) is 4.80. The van der Waals surface area contributed by atoms with Crippen LogP contribution in [0, 0.1) is 0 Å². The zero-order valence-corrected chi connectivity index (χ0v) is 12.3. The van der Waals surface area contributed by atoms with E-state index in [1.165, 1.54) is 25.7 Å². The second-order valence-electron chi connectivity index (χ2n) is 5.44. The van der Waals surface area contributed by atoms with Crippen molar-refractivity contribution < 1.29 is 4.79 Å². The molecule has 20 heavy (non-hydrogen) atoms. The molecule has 0 aromatic carbocycles. The van der Waals surface area contributed by atoms with E-state index in [0.717, 1.165) is 12.4 Å². The van der Waals surface area contributed by atoms with Gasteiger partial charge in [0.2, 0.25) is 5.91 Å². The maximum absolute atomic E-state index is 11.0. The fourth-order valence-corrected chi connectivity index (χ4v) is 2.88. The minimum Gasteiger partial charge on any atom is -0.366 e. The average molecular weight is 276 g/mol. The number of nitrogens with one attached hydrogen (secondary N) is 1. The van der Waals surface area contributed by atoms with E-state index in [2.05, 4.69) is 29.2 Å². The van der Waals surface area contributed by atoms with Crippen LogP contribution in [0.4, 0.5) is 5.82 Å². The summed E-state index contributed by atoms with van der Waals surface area (Å²) in [5.41, 5.74) is 5.68. The molecule has 0 unspecified atom stereocenters. The first-order chi connectivity index (χ1) is 9.61. The summed E-state index contributed by atoms with van der Waals surface area (Å²) in [4.78, 5) is 17.6. The zero-order valence-electron chi connectivity index (χ0n) is 12.3. The van der Waals surface area contributed by atoms with Crippen LogP contribution >= 0.6 is 0 Å².